The standard InChI is InChI=1S/C66H50O2/c1-5-63(6-2)47-23-11-9-21-39(47)41-35-55-43(33-53(41)63)45-37-58-46(38-57(45)65(55)49-25-13-17-29-59(49)67-60-30-18-14-26-50(60)65)44-34-54-42(40-22-10-12-24-48(40)64(54,7-3)8-4)36-56(44)66(58)51-27-15-19-31-61(51)68-62-32-20-16-28-52(62)66/h9-38H,5-8H2,1-4H3. The van der Waals surface area contributed by atoms with Crippen LogP contribution in [0.3, 0.4) is 0 Å². The molecule has 6 aliphatic rings. The highest BCUT2D eigenvalue weighted by Crippen LogP contribution is 2.70. The molecule has 4 aliphatic carbocycles. The lowest BCUT2D eigenvalue weighted by Crippen LogP contribution is -2.33. The second kappa shape index (κ2) is 13.2. The van der Waals surface area contributed by atoms with Gasteiger partial charge in [0, 0.05) is 33.1 Å². The van der Waals surface area contributed by atoms with Gasteiger partial charge in [-0.25, -0.2) is 0 Å². The Bertz CT molecular complexity index is 3370. The van der Waals surface area contributed by atoms with Crippen molar-refractivity contribution in [3.05, 3.63) is 249 Å². The van der Waals surface area contributed by atoms with Crippen LogP contribution in [0.5, 0.6) is 23.0 Å². The monoisotopic (exact) mass is 874 g/mol. The van der Waals surface area contributed by atoms with Crippen LogP contribution in [0.2, 0.25) is 0 Å². The zero-order valence-corrected chi connectivity index (χ0v) is 39.0. The average Bonchev–Trinajstić information content (AvgIpc) is 4.04. The first kappa shape index (κ1) is 38.7. The summed E-state index contributed by atoms with van der Waals surface area (Å²) in [5.74, 6) is 3.66. The number of para-hydroxylation sites is 4. The van der Waals surface area contributed by atoms with E-state index in [1.807, 2.05) is 0 Å². The van der Waals surface area contributed by atoms with Gasteiger partial charge in [-0.3, -0.25) is 0 Å². The van der Waals surface area contributed by atoms with E-state index in [9.17, 15) is 0 Å². The molecule has 2 spiro atoms. The Morgan fingerprint density at radius 3 is 0.779 bits per heavy atom. The zero-order chi connectivity index (χ0) is 45.3. The predicted octanol–water partition coefficient (Wildman–Crippen LogP) is 16.8. The van der Waals surface area contributed by atoms with Crippen LogP contribution in [-0.2, 0) is 21.7 Å². The smallest absolute Gasteiger partial charge is 0.132 e. The lowest BCUT2D eigenvalue weighted by molar-refractivity contribution is 0.435. The zero-order valence-electron chi connectivity index (χ0n) is 39.0. The quantitative estimate of drug-likeness (QED) is 0.175. The van der Waals surface area contributed by atoms with Crippen molar-refractivity contribution in [2.24, 2.45) is 0 Å². The molecule has 9 aromatic rings. The van der Waals surface area contributed by atoms with Crippen LogP contribution in [0.25, 0.3) is 44.5 Å². The normalized spacial score (nSPS) is 16.9. The number of benzene rings is 9. The van der Waals surface area contributed by atoms with Crippen LogP contribution in [0.4, 0.5) is 0 Å². The summed E-state index contributed by atoms with van der Waals surface area (Å²) in [6.45, 7) is 9.55. The van der Waals surface area contributed by atoms with Gasteiger partial charge in [-0.15, -0.1) is 0 Å². The molecular weight excluding hydrogens is 825 g/mol. The number of fused-ring (bicyclic) bond motifs is 24. The molecule has 2 nitrogen and oxygen atoms in total. The minimum atomic E-state index is -0.649. The summed E-state index contributed by atoms with van der Waals surface area (Å²) >= 11 is 0. The van der Waals surface area contributed by atoms with Gasteiger partial charge in [-0.2, -0.15) is 0 Å². The molecule has 0 bridgehead atoms. The maximum absolute atomic E-state index is 6.94. The van der Waals surface area contributed by atoms with Crippen molar-refractivity contribution < 1.29 is 9.47 Å². The highest BCUT2D eigenvalue weighted by molar-refractivity contribution is 6.00. The van der Waals surface area contributed by atoms with Crippen molar-refractivity contribution in [1.29, 1.82) is 0 Å². The van der Waals surface area contributed by atoms with E-state index in [0.717, 1.165) is 48.7 Å². The molecule has 0 atom stereocenters. The Labute approximate surface area is 398 Å². The molecule has 68 heavy (non-hydrogen) atoms. The molecule has 0 radical (unpaired) electrons. The van der Waals surface area contributed by atoms with E-state index in [1.165, 1.54) is 111 Å². The maximum atomic E-state index is 6.94. The number of hydrogen-bond donors (Lipinski definition) is 0. The van der Waals surface area contributed by atoms with Crippen LogP contribution in [0, 0.1) is 0 Å². The van der Waals surface area contributed by atoms with Gasteiger partial charge in [-0.1, -0.05) is 149 Å². The summed E-state index contributed by atoms with van der Waals surface area (Å²) in [4.78, 5) is 0. The third kappa shape index (κ3) is 4.22. The van der Waals surface area contributed by atoms with Crippen molar-refractivity contribution in [2.75, 3.05) is 0 Å². The van der Waals surface area contributed by atoms with E-state index in [4.69, 9.17) is 9.47 Å². The van der Waals surface area contributed by atoms with Crippen molar-refractivity contribution in [3.63, 3.8) is 0 Å². The molecule has 2 heteroatoms. The van der Waals surface area contributed by atoms with Crippen LogP contribution < -0.4 is 9.47 Å². The fourth-order valence-electron chi connectivity index (χ4n) is 15.2. The molecule has 0 N–H and O–H groups in total. The molecule has 9 aromatic carbocycles. The lowest BCUT2D eigenvalue weighted by atomic mass is 9.64. The predicted molar refractivity (Wildman–Crippen MR) is 275 cm³/mol. The van der Waals surface area contributed by atoms with E-state index < -0.39 is 10.8 Å². The largest absolute Gasteiger partial charge is 0.457 e. The summed E-state index contributed by atoms with van der Waals surface area (Å²) in [6, 6.07) is 69.7. The summed E-state index contributed by atoms with van der Waals surface area (Å²) in [5, 5.41) is 0. The Hall–Kier alpha value is -7.42. The minimum Gasteiger partial charge on any atom is -0.457 e. The van der Waals surface area contributed by atoms with Crippen molar-refractivity contribution >= 4 is 0 Å². The van der Waals surface area contributed by atoms with Crippen LogP contribution in [0.15, 0.2) is 182 Å². The molecule has 2 heterocycles. The topological polar surface area (TPSA) is 18.5 Å². The Morgan fingerprint density at radius 1 is 0.250 bits per heavy atom. The molecular formula is C66H50O2. The molecule has 326 valence electrons. The minimum absolute atomic E-state index is 0.0863. The number of ether oxygens (including phenoxy) is 2. The van der Waals surface area contributed by atoms with E-state index in [1.54, 1.807) is 0 Å². The molecule has 0 aromatic heterocycles. The fourth-order valence-corrected chi connectivity index (χ4v) is 15.2. The molecule has 0 amide bonds. The first-order valence-electron chi connectivity index (χ1n) is 25.0. The lowest BCUT2D eigenvalue weighted by Gasteiger charge is -2.40. The Balaban J connectivity index is 1.13. The highest BCUT2D eigenvalue weighted by Gasteiger charge is 2.57. The second-order valence-electron chi connectivity index (χ2n) is 20.2. The number of rotatable bonds is 4. The van der Waals surface area contributed by atoms with Gasteiger partial charge in [0.15, 0.2) is 0 Å². The van der Waals surface area contributed by atoms with Gasteiger partial charge in [-0.05, 0) is 175 Å². The van der Waals surface area contributed by atoms with Crippen molar-refractivity contribution in [1.82, 2.24) is 0 Å². The van der Waals surface area contributed by atoms with E-state index >= 15 is 0 Å². The summed E-state index contributed by atoms with van der Waals surface area (Å²) < 4.78 is 13.9. The van der Waals surface area contributed by atoms with E-state index in [2.05, 4.69) is 210 Å². The van der Waals surface area contributed by atoms with E-state index in [0.29, 0.717) is 0 Å². The van der Waals surface area contributed by atoms with Crippen molar-refractivity contribution in [3.8, 4) is 67.5 Å². The molecule has 0 unspecified atom stereocenters. The Morgan fingerprint density at radius 2 is 0.485 bits per heavy atom. The maximum Gasteiger partial charge on any atom is 0.132 e. The first-order valence-corrected chi connectivity index (χ1v) is 25.0. The van der Waals surface area contributed by atoms with Crippen LogP contribution in [-0.4, -0.2) is 0 Å². The van der Waals surface area contributed by atoms with Gasteiger partial charge in [0.05, 0.1) is 10.8 Å². The third-order valence-electron chi connectivity index (χ3n) is 18.2. The van der Waals surface area contributed by atoms with E-state index in [-0.39, 0.29) is 10.8 Å². The van der Waals surface area contributed by atoms with Crippen LogP contribution in [0.1, 0.15) is 120 Å². The molecule has 2 aliphatic heterocycles. The molecule has 0 saturated carbocycles. The van der Waals surface area contributed by atoms with Gasteiger partial charge in [0.2, 0.25) is 0 Å². The summed E-state index contributed by atoms with van der Waals surface area (Å²) in [7, 11) is 0. The molecule has 0 saturated heterocycles. The van der Waals surface area contributed by atoms with Gasteiger partial charge in [0.1, 0.15) is 23.0 Å². The SMILES string of the molecule is CCC1(CC)c2ccccc2-c2cc3c(cc21)-c1cc2c(cc1C31c3ccccc3Oc3ccccc31)-c1cc3c(cc1C21c2ccccc2Oc2ccccc21)-c1ccccc1C3(CC)CC. The van der Waals surface area contributed by atoms with Crippen molar-refractivity contribution in [2.45, 2.75) is 75.0 Å². The second-order valence-corrected chi connectivity index (χ2v) is 20.2. The summed E-state index contributed by atoms with van der Waals surface area (Å²) in [6.07, 6.45) is 4.13. The highest BCUT2D eigenvalue weighted by atomic mass is 16.5. The fraction of sp³-hybridized carbons (Fsp3) is 0.182. The first-order chi connectivity index (χ1) is 33.5. The van der Waals surface area contributed by atoms with Gasteiger partial charge < -0.3 is 9.47 Å². The number of hydrogen-bond acceptors (Lipinski definition) is 2. The summed E-state index contributed by atoms with van der Waals surface area (Å²) in [5.41, 5.74) is 25.1. The Kier molecular flexibility index (Phi) is 7.49. The average molecular weight is 875 g/mol. The molecule has 15 rings (SSSR count). The third-order valence-corrected chi connectivity index (χ3v) is 18.2. The van der Waals surface area contributed by atoms with Gasteiger partial charge >= 0.3 is 0 Å². The molecule has 0 fully saturated rings. The van der Waals surface area contributed by atoms with Crippen LogP contribution >= 0.6 is 0 Å². The van der Waals surface area contributed by atoms with Gasteiger partial charge in [0.25, 0.3) is 0 Å².